The summed E-state index contributed by atoms with van der Waals surface area (Å²) in [7, 11) is 0. The Balaban J connectivity index is 1.61. The molecule has 0 aromatic heterocycles. The van der Waals surface area contributed by atoms with Gasteiger partial charge in [-0.05, 0) is 66.9 Å². The highest BCUT2D eigenvalue weighted by molar-refractivity contribution is 6.36. The molecule has 0 aliphatic rings. The third kappa shape index (κ3) is 7.60. The molecule has 3 rings (SSSR count). The number of allylic oxidation sites excluding steroid dienone is 1. The number of hydrogen-bond donors (Lipinski definition) is 1. The lowest BCUT2D eigenvalue weighted by molar-refractivity contribution is -0.123. The summed E-state index contributed by atoms with van der Waals surface area (Å²) in [5, 5.41) is 4.55. The molecule has 9 heteroatoms. The Morgan fingerprint density at radius 1 is 1.00 bits per heavy atom. The van der Waals surface area contributed by atoms with Crippen LogP contribution in [0.1, 0.15) is 28.4 Å². The third-order valence-electron chi connectivity index (χ3n) is 4.72. The van der Waals surface area contributed by atoms with E-state index in [0.29, 0.717) is 35.1 Å². The van der Waals surface area contributed by atoms with Crippen LogP contribution in [0.15, 0.2) is 78.4 Å². The van der Waals surface area contributed by atoms with Crippen LogP contribution in [-0.4, -0.2) is 31.3 Å². The summed E-state index contributed by atoms with van der Waals surface area (Å²) in [5.74, 6) is 0.0768. The number of hydrogen-bond acceptors (Lipinski definition) is 6. The van der Waals surface area contributed by atoms with Gasteiger partial charge in [0.25, 0.3) is 5.91 Å². The average molecular weight is 527 g/mol. The van der Waals surface area contributed by atoms with Crippen LogP contribution in [0.25, 0.3) is 0 Å². The molecule has 0 spiro atoms. The van der Waals surface area contributed by atoms with E-state index in [-0.39, 0.29) is 22.9 Å². The van der Waals surface area contributed by atoms with Crippen LogP contribution in [-0.2, 0) is 11.2 Å². The molecule has 0 bridgehead atoms. The third-order valence-corrected chi connectivity index (χ3v) is 5.27. The van der Waals surface area contributed by atoms with Crippen LogP contribution in [0.4, 0.5) is 0 Å². The van der Waals surface area contributed by atoms with Crippen molar-refractivity contribution in [2.24, 2.45) is 5.10 Å². The predicted molar refractivity (Wildman–Crippen MR) is 141 cm³/mol. The minimum absolute atomic E-state index is 0.172. The van der Waals surface area contributed by atoms with Gasteiger partial charge in [0.2, 0.25) is 0 Å². The number of rotatable bonds is 11. The molecule has 186 valence electrons. The van der Waals surface area contributed by atoms with Gasteiger partial charge in [0, 0.05) is 5.02 Å². The maximum atomic E-state index is 12.6. The molecule has 0 heterocycles. The minimum atomic E-state index is -0.652. The number of nitrogens with one attached hydrogen (secondary N) is 1. The first kappa shape index (κ1) is 26.8. The van der Waals surface area contributed by atoms with E-state index < -0.39 is 11.9 Å². The zero-order chi connectivity index (χ0) is 25.9. The second-order valence-corrected chi connectivity index (χ2v) is 8.18. The van der Waals surface area contributed by atoms with E-state index in [2.05, 4.69) is 17.1 Å². The summed E-state index contributed by atoms with van der Waals surface area (Å²) in [6, 6.07) is 16.8. The van der Waals surface area contributed by atoms with Crippen LogP contribution >= 0.6 is 23.2 Å². The quantitative estimate of drug-likeness (QED) is 0.111. The molecule has 0 aliphatic heterocycles. The number of amides is 1. The van der Waals surface area contributed by atoms with Gasteiger partial charge in [0.05, 0.1) is 23.4 Å². The van der Waals surface area contributed by atoms with Crippen molar-refractivity contribution in [3.8, 4) is 17.2 Å². The normalized spacial score (nSPS) is 10.6. The Bertz CT molecular complexity index is 1280. The van der Waals surface area contributed by atoms with Gasteiger partial charge in [-0.1, -0.05) is 47.5 Å². The molecule has 0 aliphatic carbocycles. The van der Waals surface area contributed by atoms with Crippen molar-refractivity contribution in [1.29, 1.82) is 0 Å². The number of para-hydroxylation sites is 1. The summed E-state index contributed by atoms with van der Waals surface area (Å²) in [4.78, 5) is 24.7. The van der Waals surface area contributed by atoms with Crippen LogP contribution in [0.5, 0.6) is 17.2 Å². The highest BCUT2D eigenvalue weighted by Crippen LogP contribution is 2.30. The molecular formula is C27H24Cl2N2O5. The molecule has 0 saturated heterocycles. The predicted octanol–water partition coefficient (Wildman–Crippen LogP) is 5.87. The minimum Gasteiger partial charge on any atom is -0.490 e. The van der Waals surface area contributed by atoms with Gasteiger partial charge in [-0.2, -0.15) is 5.10 Å². The lowest BCUT2D eigenvalue weighted by Crippen LogP contribution is -2.24. The van der Waals surface area contributed by atoms with E-state index in [9.17, 15) is 9.59 Å². The first-order valence-electron chi connectivity index (χ1n) is 11.0. The SMILES string of the molecule is C=CCc1ccccc1OCC(=O)N/N=C/c1ccc(OC(=O)c2ccc(Cl)cc2Cl)c(OCC)c1. The highest BCUT2D eigenvalue weighted by Gasteiger charge is 2.16. The second kappa shape index (κ2) is 13.3. The van der Waals surface area contributed by atoms with Crippen LogP contribution in [0.3, 0.4) is 0 Å². The lowest BCUT2D eigenvalue weighted by atomic mass is 10.1. The molecule has 0 saturated carbocycles. The fraction of sp³-hybridized carbons (Fsp3) is 0.148. The van der Waals surface area contributed by atoms with Gasteiger partial charge in [0.1, 0.15) is 5.75 Å². The molecule has 0 fully saturated rings. The van der Waals surface area contributed by atoms with Gasteiger partial charge in [-0.25, -0.2) is 10.2 Å². The number of halogens is 2. The summed E-state index contributed by atoms with van der Waals surface area (Å²) in [5.41, 5.74) is 4.14. The second-order valence-electron chi connectivity index (χ2n) is 7.34. The Kier molecular flexibility index (Phi) is 9.92. The van der Waals surface area contributed by atoms with Crippen molar-refractivity contribution >= 4 is 41.3 Å². The Morgan fingerprint density at radius 3 is 2.56 bits per heavy atom. The van der Waals surface area contributed by atoms with Gasteiger partial charge in [-0.15, -0.1) is 6.58 Å². The van der Waals surface area contributed by atoms with E-state index >= 15 is 0 Å². The number of benzene rings is 3. The standard InChI is InChI=1S/C27H24Cl2N2O5/c1-3-7-19-8-5-6-9-23(19)35-17-26(32)31-30-16-18-10-13-24(25(14-18)34-4-2)36-27(33)21-12-11-20(28)15-22(21)29/h3,5-6,8-16H,1,4,7,17H2,2H3,(H,31,32)/b30-16+. The molecule has 36 heavy (non-hydrogen) atoms. The molecule has 1 N–H and O–H groups in total. The maximum absolute atomic E-state index is 12.6. The molecular weight excluding hydrogens is 503 g/mol. The van der Waals surface area contributed by atoms with Gasteiger partial charge in [0.15, 0.2) is 18.1 Å². The Labute approximate surface area is 219 Å². The number of carbonyl (C=O) groups excluding carboxylic acids is 2. The van der Waals surface area contributed by atoms with E-state index in [0.717, 1.165) is 5.56 Å². The highest BCUT2D eigenvalue weighted by atomic mass is 35.5. The number of carbonyl (C=O) groups is 2. The molecule has 3 aromatic rings. The molecule has 0 unspecified atom stereocenters. The fourth-order valence-electron chi connectivity index (χ4n) is 3.09. The summed E-state index contributed by atoms with van der Waals surface area (Å²) >= 11 is 12.0. The van der Waals surface area contributed by atoms with Gasteiger partial charge < -0.3 is 14.2 Å². The van der Waals surface area contributed by atoms with E-state index in [4.69, 9.17) is 37.4 Å². The average Bonchev–Trinajstić information content (AvgIpc) is 2.85. The van der Waals surface area contributed by atoms with Crippen LogP contribution < -0.4 is 19.6 Å². The van der Waals surface area contributed by atoms with Crippen LogP contribution in [0, 0.1) is 0 Å². The number of hydrazone groups is 1. The maximum Gasteiger partial charge on any atom is 0.345 e. The molecule has 7 nitrogen and oxygen atoms in total. The van der Waals surface area contributed by atoms with Crippen molar-refractivity contribution in [2.45, 2.75) is 13.3 Å². The van der Waals surface area contributed by atoms with Gasteiger partial charge >= 0.3 is 5.97 Å². The lowest BCUT2D eigenvalue weighted by Gasteiger charge is -2.12. The monoisotopic (exact) mass is 526 g/mol. The van der Waals surface area contributed by atoms with E-state index in [1.54, 1.807) is 43.3 Å². The van der Waals surface area contributed by atoms with Crippen molar-refractivity contribution in [2.75, 3.05) is 13.2 Å². The zero-order valence-electron chi connectivity index (χ0n) is 19.5. The van der Waals surface area contributed by atoms with Crippen molar-refractivity contribution in [3.05, 3.63) is 100 Å². The molecule has 3 aromatic carbocycles. The molecule has 0 radical (unpaired) electrons. The largest absolute Gasteiger partial charge is 0.490 e. The summed E-state index contributed by atoms with van der Waals surface area (Å²) < 4.78 is 16.7. The smallest absolute Gasteiger partial charge is 0.345 e. The summed E-state index contributed by atoms with van der Waals surface area (Å²) in [6.45, 7) is 5.67. The topological polar surface area (TPSA) is 86.2 Å². The Hall–Kier alpha value is -3.81. The van der Waals surface area contributed by atoms with Gasteiger partial charge in [-0.3, -0.25) is 4.79 Å². The number of esters is 1. The van der Waals surface area contributed by atoms with Crippen molar-refractivity contribution < 1.29 is 23.8 Å². The fourth-order valence-corrected chi connectivity index (χ4v) is 3.58. The van der Waals surface area contributed by atoms with E-state index in [1.165, 1.54) is 18.3 Å². The van der Waals surface area contributed by atoms with Crippen molar-refractivity contribution in [1.82, 2.24) is 5.43 Å². The Morgan fingerprint density at radius 2 is 1.81 bits per heavy atom. The molecule has 1 amide bonds. The van der Waals surface area contributed by atoms with Crippen molar-refractivity contribution in [3.63, 3.8) is 0 Å². The number of nitrogens with zero attached hydrogens (tertiary/aromatic N) is 1. The summed E-state index contributed by atoms with van der Waals surface area (Å²) in [6.07, 6.45) is 3.84. The zero-order valence-corrected chi connectivity index (χ0v) is 21.0. The first-order chi connectivity index (χ1) is 17.4. The first-order valence-corrected chi connectivity index (χ1v) is 11.7. The van der Waals surface area contributed by atoms with E-state index in [1.807, 2.05) is 18.2 Å². The number of ether oxygens (including phenoxy) is 3. The van der Waals surface area contributed by atoms with Crippen LogP contribution in [0.2, 0.25) is 10.0 Å². The molecule has 0 atom stereocenters.